The average molecular weight is 414 g/mol. The number of rotatable bonds is 0. The van der Waals surface area contributed by atoms with E-state index in [1.165, 1.54) is 37.8 Å². The Hall–Kier alpha value is -0.380. The Labute approximate surface area is 183 Å². The summed E-state index contributed by atoms with van der Waals surface area (Å²) in [5, 5.41) is 22.1. The van der Waals surface area contributed by atoms with Crippen molar-refractivity contribution in [2.24, 2.45) is 46.3 Å². The fraction of sp³-hybridized carbons (Fsp3) is 0.926. The molecule has 2 N–H and O–H groups in total. The molecule has 0 aromatic carbocycles. The van der Waals surface area contributed by atoms with Crippen LogP contribution in [0.1, 0.15) is 79.1 Å². The van der Waals surface area contributed by atoms with Gasteiger partial charge in [0.1, 0.15) is 0 Å². The van der Waals surface area contributed by atoms with Crippen molar-refractivity contribution in [3.05, 3.63) is 11.6 Å². The van der Waals surface area contributed by atoms with Gasteiger partial charge in [0.2, 0.25) is 0 Å². The summed E-state index contributed by atoms with van der Waals surface area (Å²) in [6.45, 7) is 11.2. The van der Waals surface area contributed by atoms with Gasteiger partial charge in [0.05, 0.1) is 12.2 Å². The molecule has 0 bridgehead atoms. The predicted molar refractivity (Wildman–Crippen MR) is 120 cm³/mol. The molecule has 2 heterocycles. The molecule has 3 heteroatoms. The molecule has 0 unspecified atom stereocenters. The van der Waals surface area contributed by atoms with E-state index < -0.39 is 0 Å². The van der Waals surface area contributed by atoms with E-state index in [9.17, 15) is 10.2 Å². The van der Waals surface area contributed by atoms with Crippen molar-refractivity contribution in [1.82, 2.24) is 4.90 Å². The van der Waals surface area contributed by atoms with Gasteiger partial charge < -0.3 is 10.2 Å². The van der Waals surface area contributed by atoms with E-state index in [4.69, 9.17) is 0 Å². The minimum Gasteiger partial charge on any atom is -0.393 e. The Morgan fingerprint density at radius 3 is 2.60 bits per heavy atom. The summed E-state index contributed by atoms with van der Waals surface area (Å²) in [4.78, 5) is 2.91. The molecule has 30 heavy (non-hydrogen) atoms. The molecule has 0 aromatic rings. The number of fused-ring (bicyclic) bond motifs is 9. The van der Waals surface area contributed by atoms with Gasteiger partial charge in [-0.3, -0.25) is 4.90 Å². The molecule has 6 rings (SSSR count). The number of hydrogen-bond acceptors (Lipinski definition) is 3. The lowest BCUT2D eigenvalue weighted by molar-refractivity contribution is -0.135. The van der Waals surface area contributed by atoms with Gasteiger partial charge >= 0.3 is 0 Å². The summed E-state index contributed by atoms with van der Waals surface area (Å²) in [5.41, 5.74) is 1.80. The average Bonchev–Trinajstić information content (AvgIpc) is 3.17. The van der Waals surface area contributed by atoms with Crippen molar-refractivity contribution in [3.8, 4) is 0 Å². The lowest BCUT2D eigenvalue weighted by Crippen LogP contribution is -2.57. The number of hydrogen-bond donors (Lipinski definition) is 2. The quantitative estimate of drug-likeness (QED) is 0.569. The smallest absolute Gasteiger partial charge is 0.0603 e. The largest absolute Gasteiger partial charge is 0.393 e. The molecular formula is C27H43NO2. The first-order valence-electron chi connectivity index (χ1n) is 13.1. The van der Waals surface area contributed by atoms with Gasteiger partial charge in [0.25, 0.3) is 0 Å². The number of aliphatic hydroxyl groups is 2. The predicted octanol–water partition coefficient (Wildman–Crippen LogP) is 4.63. The summed E-state index contributed by atoms with van der Waals surface area (Å²) in [6, 6.07) is 1.46. The fourth-order valence-electron chi connectivity index (χ4n) is 10.3. The molecule has 3 nitrogen and oxygen atoms in total. The number of piperidine rings is 1. The van der Waals surface area contributed by atoms with E-state index in [-0.39, 0.29) is 23.0 Å². The topological polar surface area (TPSA) is 43.7 Å². The van der Waals surface area contributed by atoms with E-state index in [1.807, 2.05) is 0 Å². The molecular weight excluding hydrogens is 370 g/mol. The Morgan fingerprint density at radius 1 is 1.00 bits per heavy atom. The maximum absolute atomic E-state index is 11.8. The normalized spacial score (nSPS) is 60.1. The maximum atomic E-state index is 11.8. The summed E-state index contributed by atoms with van der Waals surface area (Å²) < 4.78 is 0. The highest BCUT2D eigenvalue weighted by molar-refractivity contribution is 5.27. The van der Waals surface area contributed by atoms with Gasteiger partial charge in [0, 0.05) is 24.0 Å². The van der Waals surface area contributed by atoms with E-state index in [0.29, 0.717) is 23.8 Å². The summed E-state index contributed by atoms with van der Waals surface area (Å²) in [6.07, 6.45) is 11.4. The molecule has 0 spiro atoms. The van der Waals surface area contributed by atoms with E-state index in [0.717, 1.165) is 49.5 Å². The third-order valence-electron chi connectivity index (χ3n) is 11.8. The van der Waals surface area contributed by atoms with Crippen molar-refractivity contribution < 1.29 is 10.2 Å². The van der Waals surface area contributed by atoms with Crippen molar-refractivity contribution >= 4 is 0 Å². The molecule has 2 aliphatic heterocycles. The first-order chi connectivity index (χ1) is 14.2. The zero-order chi connectivity index (χ0) is 21.0. The van der Waals surface area contributed by atoms with Crippen LogP contribution >= 0.6 is 0 Å². The Morgan fingerprint density at radius 2 is 1.80 bits per heavy atom. The van der Waals surface area contributed by atoms with Crippen LogP contribution in [0.3, 0.4) is 0 Å². The van der Waals surface area contributed by atoms with Gasteiger partial charge in [-0.05, 0) is 92.3 Å². The van der Waals surface area contributed by atoms with Crippen LogP contribution in [0.2, 0.25) is 0 Å². The van der Waals surface area contributed by atoms with Gasteiger partial charge in [-0.2, -0.15) is 0 Å². The Kier molecular flexibility index (Phi) is 4.44. The van der Waals surface area contributed by atoms with E-state index in [1.54, 1.807) is 0 Å². The number of aliphatic hydroxyl groups excluding tert-OH is 2. The van der Waals surface area contributed by atoms with Crippen molar-refractivity contribution in [3.63, 3.8) is 0 Å². The standard InChI is InChI=1S/C27H43NO2/c1-15-5-8-22-16(2)25-23(28(22)14-15)12-21-19-7-6-17-11-18(29)9-10-26(17,3)20(19)13-24(30)27(21,25)4/h6,15-16,18-25,29-30H,5,7-14H2,1-4H3/t15-,16+,18+,19-,20+,21+,22-,23+,24-,25+,26+,27-/m1/s1. The van der Waals surface area contributed by atoms with E-state index in [2.05, 4.69) is 38.7 Å². The van der Waals surface area contributed by atoms with Crippen LogP contribution in [0.4, 0.5) is 0 Å². The van der Waals surface area contributed by atoms with Gasteiger partial charge in [0.15, 0.2) is 0 Å². The zero-order valence-corrected chi connectivity index (χ0v) is 19.6. The molecule has 12 atom stereocenters. The molecule has 2 saturated heterocycles. The highest BCUT2D eigenvalue weighted by atomic mass is 16.3. The first-order valence-corrected chi connectivity index (χ1v) is 13.1. The lowest BCUT2D eigenvalue weighted by Gasteiger charge is -2.60. The van der Waals surface area contributed by atoms with Gasteiger partial charge in [-0.1, -0.05) is 39.3 Å². The van der Waals surface area contributed by atoms with Gasteiger partial charge in [-0.25, -0.2) is 0 Å². The van der Waals surface area contributed by atoms with Crippen LogP contribution in [0.5, 0.6) is 0 Å². The van der Waals surface area contributed by atoms with Crippen molar-refractivity contribution in [2.75, 3.05) is 6.54 Å². The second kappa shape index (κ2) is 6.58. The second-order valence-electron chi connectivity index (χ2n) is 12.9. The SMILES string of the molecule is C[C@@H]1CC[C@@H]2[C@H](C)[C@H]3[C@H](C[C@H]4[C@@H]5CC=C6C[C@@H](O)CC[C@]6(C)[C@H]5C[C@@H](O)[C@]34C)N2C1. The van der Waals surface area contributed by atoms with Crippen molar-refractivity contribution in [1.29, 1.82) is 0 Å². The van der Waals surface area contributed by atoms with E-state index >= 15 is 0 Å². The first kappa shape index (κ1) is 20.2. The third-order valence-corrected chi connectivity index (χ3v) is 11.8. The number of allylic oxidation sites excluding steroid dienone is 1. The molecule has 4 aliphatic carbocycles. The van der Waals surface area contributed by atoms with Crippen LogP contribution < -0.4 is 0 Å². The van der Waals surface area contributed by atoms with Crippen LogP contribution in [0, 0.1) is 46.3 Å². The fourth-order valence-corrected chi connectivity index (χ4v) is 10.3. The molecule has 0 aromatic heterocycles. The highest BCUT2D eigenvalue weighted by Crippen LogP contribution is 2.69. The summed E-state index contributed by atoms with van der Waals surface area (Å²) >= 11 is 0. The van der Waals surface area contributed by atoms with Crippen molar-refractivity contribution in [2.45, 2.75) is 103 Å². The summed E-state index contributed by atoms with van der Waals surface area (Å²) in [5.74, 6) is 4.19. The van der Waals surface area contributed by atoms with Crippen LogP contribution in [-0.2, 0) is 0 Å². The molecule has 6 aliphatic rings. The zero-order valence-electron chi connectivity index (χ0n) is 19.6. The third kappa shape index (κ3) is 2.44. The molecule has 0 amide bonds. The molecule has 168 valence electrons. The van der Waals surface area contributed by atoms with Crippen LogP contribution in [0.25, 0.3) is 0 Å². The molecule has 3 saturated carbocycles. The molecule has 0 radical (unpaired) electrons. The monoisotopic (exact) mass is 413 g/mol. The van der Waals surface area contributed by atoms with Gasteiger partial charge in [-0.15, -0.1) is 0 Å². The molecule has 5 fully saturated rings. The highest BCUT2D eigenvalue weighted by Gasteiger charge is 2.69. The minimum atomic E-state index is -0.164. The lowest BCUT2D eigenvalue weighted by atomic mass is 9.46. The Balaban J connectivity index is 1.36. The minimum absolute atomic E-state index is 0.0850. The second-order valence-corrected chi connectivity index (χ2v) is 12.9. The summed E-state index contributed by atoms with van der Waals surface area (Å²) in [7, 11) is 0. The maximum Gasteiger partial charge on any atom is 0.0603 e. The number of nitrogens with zero attached hydrogens (tertiary/aromatic N) is 1. The van der Waals surface area contributed by atoms with Crippen LogP contribution in [-0.4, -0.2) is 45.9 Å². The Bertz CT molecular complexity index is 749. The van der Waals surface area contributed by atoms with Crippen LogP contribution in [0.15, 0.2) is 11.6 Å².